The van der Waals surface area contributed by atoms with E-state index in [4.69, 9.17) is 5.11 Å². The molecule has 1 saturated heterocycles. The van der Waals surface area contributed by atoms with Crippen LogP contribution in [-0.2, 0) is 4.79 Å². The van der Waals surface area contributed by atoms with E-state index in [9.17, 15) is 9.59 Å². The Labute approximate surface area is 126 Å². The van der Waals surface area contributed by atoms with Gasteiger partial charge in [-0.1, -0.05) is 6.42 Å². The number of hydrogen-bond donors (Lipinski definition) is 2. The summed E-state index contributed by atoms with van der Waals surface area (Å²) >= 11 is 0. The predicted octanol–water partition coefficient (Wildman–Crippen LogP) is 2.46. The van der Waals surface area contributed by atoms with Crippen molar-refractivity contribution in [2.24, 2.45) is 17.8 Å². The van der Waals surface area contributed by atoms with Crippen molar-refractivity contribution in [2.75, 3.05) is 13.1 Å². The van der Waals surface area contributed by atoms with Gasteiger partial charge in [-0.05, 0) is 56.3 Å². The van der Waals surface area contributed by atoms with E-state index >= 15 is 0 Å². The zero-order valence-electron chi connectivity index (χ0n) is 12.6. The van der Waals surface area contributed by atoms with Gasteiger partial charge in [0.25, 0.3) is 0 Å². The Morgan fingerprint density at radius 2 is 2.05 bits per heavy atom. The molecule has 118 valence electrons. The minimum atomic E-state index is -0.866. The van der Waals surface area contributed by atoms with Crippen molar-refractivity contribution in [3.63, 3.8) is 0 Å². The Kier molecular flexibility index (Phi) is 4.36. The van der Waals surface area contributed by atoms with Gasteiger partial charge in [0.2, 0.25) is 0 Å². The van der Waals surface area contributed by atoms with Crippen LogP contribution in [0.3, 0.4) is 0 Å². The van der Waals surface area contributed by atoms with Crippen LogP contribution in [0.25, 0.3) is 0 Å². The van der Waals surface area contributed by atoms with E-state index in [0.29, 0.717) is 6.04 Å². The van der Waals surface area contributed by atoms with E-state index < -0.39 is 5.97 Å². The lowest BCUT2D eigenvalue weighted by Crippen LogP contribution is -2.44. The number of rotatable bonds is 5. The molecule has 3 aliphatic rings. The standard InChI is InChI=1S/C16H26N2O3/c19-15(20)5-6-17-16(21)18-7-1-2-14(18)10-13-9-11-3-4-12(13)8-11/h11-14H,1-10H2,(H,17,21)(H,19,20). The van der Waals surface area contributed by atoms with E-state index in [2.05, 4.69) is 5.32 Å². The maximum Gasteiger partial charge on any atom is 0.317 e. The van der Waals surface area contributed by atoms with Crippen molar-refractivity contribution in [1.29, 1.82) is 0 Å². The van der Waals surface area contributed by atoms with Gasteiger partial charge in [-0.15, -0.1) is 0 Å². The molecule has 1 heterocycles. The van der Waals surface area contributed by atoms with Crippen LogP contribution in [0, 0.1) is 17.8 Å². The minimum absolute atomic E-state index is 0.00335. The molecule has 4 unspecified atom stereocenters. The molecule has 3 rings (SSSR count). The van der Waals surface area contributed by atoms with Gasteiger partial charge in [0.05, 0.1) is 6.42 Å². The minimum Gasteiger partial charge on any atom is -0.481 e. The first-order chi connectivity index (χ1) is 10.1. The first-order valence-electron chi connectivity index (χ1n) is 8.39. The van der Waals surface area contributed by atoms with Gasteiger partial charge in [0.15, 0.2) is 0 Å². The molecule has 2 aliphatic carbocycles. The number of carbonyl (C=O) groups excluding carboxylic acids is 1. The number of carbonyl (C=O) groups is 2. The second-order valence-corrected chi connectivity index (χ2v) is 7.04. The van der Waals surface area contributed by atoms with E-state index in [0.717, 1.165) is 43.6 Å². The zero-order valence-corrected chi connectivity index (χ0v) is 12.6. The molecule has 2 saturated carbocycles. The third-order valence-corrected chi connectivity index (χ3v) is 5.71. The van der Waals surface area contributed by atoms with Gasteiger partial charge in [-0.25, -0.2) is 4.79 Å². The van der Waals surface area contributed by atoms with Gasteiger partial charge in [-0.2, -0.15) is 0 Å². The number of urea groups is 1. The first-order valence-corrected chi connectivity index (χ1v) is 8.39. The Morgan fingerprint density at radius 3 is 2.71 bits per heavy atom. The highest BCUT2D eigenvalue weighted by atomic mass is 16.4. The maximum atomic E-state index is 12.2. The molecule has 0 aromatic heterocycles. The largest absolute Gasteiger partial charge is 0.481 e. The quantitative estimate of drug-likeness (QED) is 0.818. The molecule has 2 N–H and O–H groups in total. The van der Waals surface area contributed by atoms with Crippen LogP contribution < -0.4 is 5.32 Å². The summed E-state index contributed by atoms with van der Waals surface area (Å²) in [6.07, 6.45) is 8.96. The van der Waals surface area contributed by atoms with E-state index in [-0.39, 0.29) is 19.0 Å². The summed E-state index contributed by atoms with van der Waals surface area (Å²) in [4.78, 5) is 24.6. The molecule has 5 heteroatoms. The lowest BCUT2D eigenvalue weighted by molar-refractivity contribution is -0.136. The van der Waals surface area contributed by atoms with Crippen LogP contribution in [0.4, 0.5) is 4.79 Å². The summed E-state index contributed by atoms with van der Waals surface area (Å²) in [5, 5.41) is 11.4. The molecule has 2 bridgehead atoms. The fraction of sp³-hybridized carbons (Fsp3) is 0.875. The number of fused-ring (bicyclic) bond motifs is 2. The van der Waals surface area contributed by atoms with Gasteiger partial charge in [0, 0.05) is 19.1 Å². The number of aliphatic carboxylic acids is 1. The highest BCUT2D eigenvalue weighted by Gasteiger charge is 2.42. The lowest BCUT2D eigenvalue weighted by atomic mass is 9.84. The molecule has 0 aromatic carbocycles. The fourth-order valence-corrected chi connectivity index (χ4v) is 4.74. The van der Waals surface area contributed by atoms with Gasteiger partial charge in [-0.3, -0.25) is 4.79 Å². The molecule has 2 amide bonds. The van der Waals surface area contributed by atoms with Crippen molar-refractivity contribution in [2.45, 2.75) is 57.4 Å². The molecule has 4 atom stereocenters. The van der Waals surface area contributed by atoms with Crippen LogP contribution in [0.5, 0.6) is 0 Å². The summed E-state index contributed by atoms with van der Waals surface area (Å²) in [7, 11) is 0. The Bertz CT molecular complexity index is 412. The summed E-state index contributed by atoms with van der Waals surface area (Å²) < 4.78 is 0. The molecule has 5 nitrogen and oxygen atoms in total. The van der Waals surface area contributed by atoms with E-state index in [1.54, 1.807) is 0 Å². The topological polar surface area (TPSA) is 69.6 Å². The van der Waals surface area contributed by atoms with Crippen molar-refractivity contribution < 1.29 is 14.7 Å². The Balaban J connectivity index is 1.48. The molecule has 21 heavy (non-hydrogen) atoms. The Hall–Kier alpha value is -1.26. The number of nitrogens with zero attached hydrogens (tertiary/aromatic N) is 1. The Morgan fingerprint density at radius 1 is 1.19 bits per heavy atom. The van der Waals surface area contributed by atoms with Crippen molar-refractivity contribution in [1.82, 2.24) is 10.2 Å². The van der Waals surface area contributed by atoms with Crippen LogP contribution >= 0.6 is 0 Å². The molecule has 0 aromatic rings. The molecule has 0 radical (unpaired) electrons. The van der Waals surface area contributed by atoms with Gasteiger partial charge in [0.1, 0.15) is 0 Å². The fourth-order valence-electron chi connectivity index (χ4n) is 4.74. The lowest BCUT2D eigenvalue weighted by Gasteiger charge is -2.30. The third kappa shape index (κ3) is 3.33. The number of hydrogen-bond acceptors (Lipinski definition) is 2. The molecule has 1 aliphatic heterocycles. The summed E-state index contributed by atoms with van der Waals surface area (Å²) in [5.41, 5.74) is 0. The number of amides is 2. The van der Waals surface area contributed by atoms with E-state index in [1.165, 1.54) is 25.7 Å². The average molecular weight is 294 g/mol. The highest BCUT2D eigenvalue weighted by molar-refractivity contribution is 5.75. The summed E-state index contributed by atoms with van der Waals surface area (Å²) in [6.45, 7) is 1.05. The smallest absolute Gasteiger partial charge is 0.317 e. The molecular formula is C16H26N2O3. The number of carboxylic acid groups (broad SMARTS) is 1. The number of likely N-dealkylation sites (tertiary alicyclic amines) is 1. The molecule has 3 fully saturated rings. The van der Waals surface area contributed by atoms with Gasteiger partial charge >= 0.3 is 12.0 Å². The predicted molar refractivity (Wildman–Crippen MR) is 78.9 cm³/mol. The highest BCUT2D eigenvalue weighted by Crippen LogP contribution is 2.50. The maximum absolute atomic E-state index is 12.2. The third-order valence-electron chi connectivity index (χ3n) is 5.71. The number of carboxylic acids is 1. The monoisotopic (exact) mass is 294 g/mol. The van der Waals surface area contributed by atoms with Crippen LogP contribution in [-0.4, -0.2) is 41.1 Å². The molecular weight excluding hydrogens is 268 g/mol. The second-order valence-electron chi connectivity index (χ2n) is 7.04. The summed E-state index contributed by atoms with van der Waals surface area (Å²) in [5.74, 6) is 1.82. The van der Waals surface area contributed by atoms with Crippen LogP contribution in [0.15, 0.2) is 0 Å². The van der Waals surface area contributed by atoms with Crippen molar-refractivity contribution >= 4 is 12.0 Å². The van der Waals surface area contributed by atoms with Crippen molar-refractivity contribution in [3.05, 3.63) is 0 Å². The van der Waals surface area contributed by atoms with Crippen molar-refractivity contribution in [3.8, 4) is 0 Å². The van der Waals surface area contributed by atoms with Crippen LogP contribution in [0.1, 0.15) is 51.4 Å². The average Bonchev–Trinajstić information content (AvgIpc) is 3.14. The second kappa shape index (κ2) is 6.24. The summed E-state index contributed by atoms with van der Waals surface area (Å²) in [6, 6.07) is 0.307. The zero-order chi connectivity index (χ0) is 14.8. The normalized spacial score (nSPS) is 34.4. The number of nitrogens with one attached hydrogen (secondary N) is 1. The van der Waals surface area contributed by atoms with Crippen LogP contribution in [0.2, 0.25) is 0 Å². The first kappa shape index (κ1) is 14.7. The van der Waals surface area contributed by atoms with E-state index in [1.807, 2.05) is 4.90 Å². The molecule has 0 spiro atoms. The SMILES string of the molecule is O=C(O)CCNC(=O)N1CCCC1CC1CC2CCC1C2. The van der Waals surface area contributed by atoms with Gasteiger partial charge < -0.3 is 15.3 Å².